The fourth-order valence-corrected chi connectivity index (χ4v) is 3.64. The van der Waals surface area contributed by atoms with E-state index in [1.165, 1.54) is 11.3 Å². The van der Waals surface area contributed by atoms with E-state index in [0.29, 0.717) is 0 Å². The summed E-state index contributed by atoms with van der Waals surface area (Å²) in [4.78, 5) is 17.6. The van der Waals surface area contributed by atoms with Crippen molar-refractivity contribution in [1.82, 2.24) is 9.80 Å². The largest absolute Gasteiger partial charge is 0.337 e. The molecule has 2 heterocycles. The Labute approximate surface area is 140 Å². The van der Waals surface area contributed by atoms with E-state index in [1.807, 2.05) is 40.6 Å². The molecular weight excluding hydrogens is 316 g/mol. The van der Waals surface area contributed by atoms with Crippen LogP contribution in [0.15, 0.2) is 41.8 Å². The molecule has 0 aliphatic carbocycles. The van der Waals surface area contributed by atoms with E-state index < -0.39 is 0 Å². The standard InChI is InChI=1S/C17H19ClN2OS/c18-15-6-2-1-5-14(15)13-19-8-4-9-20(11-10-19)17(21)16-7-3-12-22-16/h1-3,5-7,12H,4,8-11,13H2. The molecule has 1 aromatic carbocycles. The smallest absolute Gasteiger partial charge is 0.263 e. The van der Waals surface area contributed by atoms with Gasteiger partial charge in [-0.1, -0.05) is 35.9 Å². The third-order valence-electron chi connectivity index (χ3n) is 3.96. The van der Waals surface area contributed by atoms with Crippen molar-refractivity contribution >= 4 is 28.8 Å². The number of thiophene rings is 1. The van der Waals surface area contributed by atoms with Gasteiger partial charge in [0, 0.05) is 37.7 Å². The first-order valence-electron chi connectivity index (χ1n) is 7.52. The topological polar surface area (TPSA) is 23.6 Å². The van der Waals surface area contributed by atoms with Gasteiger partial charge in [-0.3, -0.25) is 9.69 Å². The Morgan fingerprint density at radius 3 is 2.73 bits per heavy atom. The van der Waals surface area contributed by atoms with Gasteiger partial charge in [0.2, 0.25) is 0 Å². The Morgan fingerprint density at radius 1 is 1.09 bits per heavy atom. The minimum absolute atomic E-state index is 0.162. The van der Waals surface area contributed by atoms with Crippen LogP contribution in [-0.4, -0.2) is 41.9 Å². The molecule has 1 saturated heterocycles. The number of hydrogen-bond donors (Lipinski definition) is 0. The number of hydrogen-bond acceptors (Lipinski definition) is 3. The van der Waals surface area contributed by atoms with Crippen molar-refractivity contribution in [2.75, 3.05) is 26.2 Å². The van der Waals surface area contributed by atoms with Crippen molar-refractivity contribution in [1.29, 1.82) is 0 Å². The number of carbonyl (C=O) groups is 1. The Kier molecular flexibility index (Phi) is 5.13. The fourth-order valence-electron chi connectivity index (χ4n) is 2.76. The molecule has 0 bridgehead atoms. The molecule has 3 nitrogen and oxygen atoms in total. The molecule has 2 aromatic rings. The highest BCUT2D eigenvalue weighted by atomic mass is 35.5. The molecule has 0 unspecified atom stereocenters. The Bertz CT molecular complexity index is 629. The SMILES string of the molecule is O=C(c1cccs1)N1CCCN(Cc2ccccc2Cl)CC1. The van der Waals surface area contributed by atoms with Gasteiger partial charge in [0.25, 0.3) is 5.91 Å². The monoisotopic (exact) mass is 334 g/mol. The maximum atomic E-state index is 12.4. The molecule has 3 rings (SSSR count). The van der Waals surface area contributed by atoms with Crippen LogP contribution in [0, 0.1) is 0 Å². The zero-order valence-electron chi connectivity index (χ0n) is 12.4. The maximum Gasteiger partial charge on any atom is 0.263 e. The van der Waals surface area contributed by atoms with E-state index in [2.05, 4.69) is 11.0 Å². The third-order valence-corrected chi connectivity index (χ3v) is 5.19. The van der Waals surface area contributed by atoms with Crippen LogP contribution in [0.4, 0.5) is 0 Å². The predicted molar refractivity (Wildman–Crippen MR) is 91.6 cm³/mol. The predicted octanol–water partition coefficient (Wildman–Crippen LogP) is 3.75. The van der Waals surface area contributed by atoms with E-state index in [9.17, 15) is 4.79 Å². The number of amides is 1. The average molecular weight is 335 g/mol. The van der Waals surface area contributed by atoms with E-state index in [0.717, 1.165) is 54.6 Å². The van der Waals surface area contributed by atoms with E-state index in [-0.39, 0.29) is 5.91 Å². The van der Waals surface area contributed by atoms with E-state index in [4.69, 9.17) is 11.6 Å². The summed E-state index contributed by atoms with van der Waals surface area (Å²) in [6.45, 7) is 4.35. The molecule has 0 radical (unpaired) electrons. The minimum atomic E-state index is 0.162. The summed E-state index contributed by atoms with van der Waals surface area (Å²) in [5.74, 6) is 0.162. The molecule has 116 valence electrons. The average Bonchev–Trinajstić information content (AvgIpc) is 2.96. The quantitative estimate of drug-likeness (QED) is 0.853. The molecule has 0 spiro atoms. The van der Waals surface area contributed by atoms with Gasteiger partial charge in [0.1, 0.15) is 0 Å². The summed E-state index contributed by atoms with van der Waals surface area (Å²) in [6, 6.07) is 11.8. The summed E-state index contributed by atoms with van der Waals surface area (Å²) in [5.41, 5.74) is 1.15. The van der Waals surface area contributed by atoms with Crippen LogP contribution in [0.3, 0.4) is 0 Å². The first-order chi connectivity index (χ1) is 10.7. The van der Waals surface area contributed by atoms with Gasteiger partial charge in [-0.2, -0.15) is 0 Å². The number of halogens is 1. The molecule has 5 heteroatoms. The zero-order valence-corrected chi connectivity index (χ0v) is 13.9. The van der Waals surface area contributed by atoms with E-state index in [1.54, 1.807) is 0 Å². The highest BCUT2D eigenvalue weighted by Gasteiger charge is 2.21. The fraction of sp³-hybridized carbons (Fsp3) is 0.353. The molecule has 22 heavy (non-hydrogen) atoms. The molecule has 1 aromatic heterocycles. The van der Waals surface area contributed by atoms with Gasteiger partial charge in [-0.25, -0.2) is 0 Å². The normalized spacial score (nSPS) is 16.5. The molecular formula is C17H19ClN2OS. The van der Waals surface area contributed by atoms with Crippen LogP contribution in [-0.2, 0) is 6.54 Å². The Hall–Kier alpha value is -1.36. The van der Waals surface area contributed by atoms with Crippen molar-refractivity contribution in [3.63, 3.8) is 0 Å². The van der Waals surface area contributed by atoms with Crippen molar-refractivity contribution in [3.8, 4) is 0 Å². The maximum absolute atomic E-state index is 12.4. The summed E-state index contributed by atoms with van der Waals surface area (Å²) in [6.07, 6.45) is 1.00. The third kappa shape index (κ3) is 3.69. The summed E-state index contributed by atoms with van der Waals surface area (Å²) >= 11 is 7.76. The van der Waals surface area contributed by atoms with Crippen LogP contribution >= 0.6 is 22.9 Å². The lowest BCUT2D eigenvalue weighted by molar-refractivity contribution is 0.0766. The summed E-state index contributed by atoms with van der Waals surface area (Å²) < 4.78 is 0. The lowest BCUT2D eigenvalue weighted by Crippen LogP contribution is -2.34. The summed E-state index contributed by atoms with van der Waals surface area (Å²) in [7, 11) is 0. The van der Waals surface area contributed by atoms with E-state index >= 15 is 0 Å². The first-order valence-corrected chi connectivity index (χ1v) is 8.78. The van der Waals surface area contributed by atoms with Gasteiger partial charge in [0.15, 0.2) is 0 Å². The Balaban J connectivity index is 1.60. The minimum Gasteiger partial charge on any atom is -0.337 e. The van der Waals surface area contributed by atoms with Gasteiger partial charge in [0.05, 0.1) is 4.88 Å². The van der Waals surface area contributed by atoms with Gasteiger partial charge in [-0.15, -0.1) is 11.3 Å². The lowest BCUT2D eigenvalue weighted by Gasteiger charge is -2.22. The van der Waals surface area contributed by atoms with Gasteiger partial charge in [-0.05, 0) is 29.5 Å². The van der Waals surface area contributed by atoms with Crippen LogP contribution in [0.2, 0.25) is 5.02 Å². The van der Waals surface area contributed by atoms with Gasteiger partial charge < -0.3 is 4.90 Å². The van der Waals surface area contributed by atoms with Crippen LogP contribution < -0.4 is 0 Å². The lowest BCUT2D eigenvalue weighted by atomic mass is 10.2. The van der Waals surface area contributed by atoms with Crippen LogP contribution in [0.1, 0.15) is 21.7 Å². The number of rotatable bonds is 3. The zero-order chi connectivity index (χ0) is 15.4. The van der Waals surface area contributed by atoms with Crippen molar-refractivity contribution in [3.05, 3.63) is 57.2 Å². The second-order valence-corrected chi connectivity index (χ2v) is 6.85. The molecule has 1 fully saturated rings. The highest BCUT2D eigenvalue weighted by Crippen LogP contribution is 2.19. The van der Waals surface area contributed by atoms with Crippen molar-refractivity contribution in [2.45, 2.75) is 13.0 Å². The second-order valence-electron chi connectivity index (χ2n) is 5.49. The summed E-state index contributed by atoms with van der Waals surface area (Å²) in [5, 5.41) is 2.77. The first kappa shape index (κ1) is 15.5. The van der Waals surface area contributed by atoms with Gasteiger partial charge >= 0.3 is 0 Å². The second kappa shape index (κ2) is 7.27. The molecule has 1 amide bonds. The number of benzene rings is 1. The van der Waals surface area contributed by atoms with Crippen molar-refractivity contribution in [2.24, 2.45) is 0 Å². The molecule has 0 saturated carbocycles. The number of carbonyl (C=O) groups excluding carboxylic acids is 1. The highest BCUT2D eigenvalue weighted by molar-refractivity contribution is 7.12. The van der Waals surface area contributed by atoms with Crippen molar-refractivity contribution < 1.29 is 4.79 Å². The molecule has 1 aliphatic rings. The molecule has 0 atom stereocenters. The molecule has 1 aliphatic heterocycles. The number of nitrogens with zero attached hydrogens (tertiary/aromatic N) is 2. The molecule has 0 N–H and O–H groups in total. The Morgan fingerprint density at radius 2 is 1.95 bits per heavy atom. The van der Waals surface area contributed by atoms with Crippen LogP contribution in [0.5, 0.6) is 0 Å². The van der Waals surface area contributed by atoms with Crippen LogP contribution in [0.25, 0.3) is 0 Å².